The van der Waals surface area contributed by atoms with E-state index in [4.69, 9.17) is 10.1 Å². The molecule has 0 radical (unpaired) electrons. The van der Waals surface area contributed by atoms with Crippen molar-refractivity contribution in [1.82, 2.24) is 10.3 Å². The zero-order valence-electron chi connectivity index (χ0n) is 11.5. The lowest BCUT2D eigenvalue weighted by molar-refractivity contribution is 0.210. The first-order chi connectivity index (χ1) is 10.5. The van der Waals surface area contributed by atoms with Gasteiger partial charge in [-0.15, -0.1) is 0 Å². The van der Waals surface area contributed by atoms with Crippen molar-refractivity contribution in [2.24, 2.45) is 0 Å². The van der Waals surface area contributed by atoms with Crippen molar-refractivity contribution in [2.45, 2.75) is 0 Å². The number of nitrogens with one attached hydrogen (secondary N) is 2. The second-order valence-corrected chi connectivity index (χ2v) is 4.99. The average Bonchev–Trinajstić information content (AvgIpc) is 2.97. The third kappa shape index (κ3) is 3.59. The van der Waals surface area contributed by atoms with Gasteiger partial charge in [0.05, 0.1) is 16.8 Å². The highest BCUT2D eigenvalue weighted by Crippen LogP contribution is 2.24. The van der Waals surface area contributed by atoms with Crippen molar-refractivity contribution in [1.29, 1.82) is 5.41 Å². The summed E-state index contributed by atoms with van der Waals surface area (Å²) in [6.45, 7) is 0.853. The Bertz CT molecular complexity index is 666. The molecule has 0 aliphatic heterocycles. The molecule has 0 bridgehead atoms. The van der Waals surface area contributed by atoms with E-state index < -0.39 is 5.82 Å². The first-order valence-corrected chi connectivity index (χ1v) is 6.92. The minimum absolute atomic E-state index is 0.0130. The van der Waals surface area contributed by atoms with Crippen molar-refractivity contribution >= 4 is 33.3 Å². The number of hydrogen-bond donors (Lipinski definition) is 3. The van der Waals surface area contributed by atoms with Gasteiger partial charge in [-0.1, -0.05) is 0 Å². The Balaban J connectivity index is 2.16. The van der Waals surface area contributed by atoms with Crippen LogP contribution in [0, 0.1) is 11.2 Å². The van der Waals surface area contributed by atoms with Crippen LogP contribution in [0.2, 0.25) is 0 Å². The number of ether oxygens (including phenoxy) is 1. The fourth-order valence-corrected chi connectivity index (χ4v) is 1.94. The summed E-state index contributed by atoms with van der Waals surface area (Å²) >= 11 is 3.01. The smallest absolute Gasteiger partial charge is 0.202 e. The van der Waals surface area contributed by atoms with E-state index in [9.17, 15) is 9.60 Å². The van der Waals surface area contributed by atoms with Gasteiger partial charge >= 0.3 is 0 Å². The van der Waals surface area contributed by atoms with Crippen LogP contribution in [0.5, 0.6) is 0 Å². The van der Waals surface area contributed by atoms with Crippen LogP contribution < -0.4 is 10.4 Å². The lowest BCUT2D eigenvalue weighted by Gasteiger charge is -2.16. The van der Waals surface area contributed by atoms with E-state index in [0.29, 0.717) is 18.2 Å². The van der Waals surface area contributed by atoms with E-state index in [1.165, 1.54) is 12.1 Å². The van der Waals surface area contributed by atoms with Crippen LogP contribution >= 0.6 is 15.9 Å². The molecule has 3 N–H and O–H groups in total. The summed E-state index contributed by atoms with van der Waals surface area (Å²) in [5.41, 5.74) is 0.197. The molecule has 2 aromatic rings. The largest absolute Gasteiger partial charge is 0.383 e. The molecule has 0 atom stereocenters. The molecule has 0 aliphatic carbocycles. The molecular formula is C12H13BrFN5O3. The number of anilines is 2. The van der Waals surface area contributed by atoms with Crippen LogP contribution in [-0.2, 0) is 4.74 Å². The molecule has 0 saturated carbocycles. The molecule has 0 spiro atoms. The zero-order chi connectivity index (χ0) is 16.1. The molecule has 0 fully saturated rings. The number of nitrogens with zero attached hydrogens (tertiary/aromatic N) is 3. The number of methoxy groups -OCH3 is 1. The topological polar surface area (TPSA) is 108 Å². The fraction of sp³-hybridized carbons (Fsp3) is 0.250. The molecule has 1 aromatic heterocycles. The number of hydrogen-bond acceptors (Lipinski definition) is 7. The van der Waals surface area contributed by atoms with Gasteiger partial charge in [0.1, 0.15) is 5.82 Å². The summed E-state index contributed by atoms with van der Waals surface area (Å²) in [6, 6.07) is 3.81. The molecule has 0 saturated heterocycles. The molecule has 22 heavy (non-hydrogen) atoms. The second-order valence-electron chi connectivity index (χ2n) is 4.14. The van der Waals surface area contributed by atoms with E-state index >= 15 is 0 Å². The van der Waals surface area contributed by atoms with E-state index in [1.807, 2.05) is 0 Å². The summed E-state index contributed by atoms with van der Waals surface area (Å²) in [6.07, 6.45) is 0. The van der Waals surface area contributed by atoms with Crippen LogP contribution in [0.4, 0.5) is 15.9 Å². The molecule has 1 heterocycles. The number of halogens is 2. The Kier molecular flexibility index (Phi) is 5.41. The number of amidine groups is 1. The summed E-state index contributed by atoms with van der Waals surface area (Å²) in [4.78, 5) is 0. The monoisotopic (exact) mass is 373 g/mol. The van der Waals surface area contributed by atoms with Crippen molar-refractivity contribution in [3.63, 3.8) is 0 Å². The number of aromatic nitrogens is 2. The Morgan fingerprint density at radius 2 is 2.32 bits per heavy atom. The molecular weight excluding hydrogens is 361 g/mol. The van der Waals surface area contributed by atoms with Crippen molar-refractivity contribution in [3.8, 4) is 0 Å². The minimum Gasteiger partial charge on any atom is -0.383 e. The first-order valence-electron chi connectivity index (χ1n) is 6.13. The van der Waals surface area contributed by atoms with Gasteiger partial charge in [-0.05, 0) is 44.4 Å². The molecule has 118 valence electrons. The standard InChI is InChI=1S/C12H13BrFN5O3/c1-21-5-4-16-12-10(17-22-18-12)11(15)19(20)7-2-3-9(14)8(13)6-7/h2-3,6,15,20H,4-5H2,1H3,(H,16,18). The third-order valence-electron chi connectivity index (χ3n) is 2.67. The van der Waals surface area contributed by atoms with Gasteiger partial charge in [0, 0.05) is 13.7 Å². The highest BCUT2D eigenvalue weighted by molar-refractivity contribution is 9.10. The predicted octanol–water partition coefficient (Wildman–Crippen LogP) is 2.25. The SMILES string of the molecule is COCCNc1nonc1C(=N)N(O)c1ccc(F)c(Br)c1. The maximum Gasteiger partial charge on any atom is 0.202 e. The summed E-state index contributed by atoms with van der Waals surface area (Å²) in [5.74, 6) is -0.657. The fourth-order valence-electron chi connectivity index (χ4n) is 1.58. The summed E-state index contributed by atoms with van der Waals surface area (Å²) in [7, 11) is 1.55. The number of hydroxylamine groups is 1. The molecule has 2 rings (SSSR count). The van der Waals surface area contributed by atoms with Crippen molar-refractivity contribution in [3.05, 3.63) is 34.2 Å². The summed E-state index contributed by atoms with van der Waals surface area (Å²) < 4.78 is 22.8. The molecule has 0 amide bonds. The third-order valence-corrected chi connectivity index (χ3v) is 3.28. The van der Waals surface area contributed by atoms with Crippen LogP contribution in [0.3, 0.4) is 0 Å². The maximum atomic E-state index is 13.2. The van der Waals surface area contributed by atoms with Gasteiger partial charge in [-0.25, -0.2) is 14.1 Å². The first kappa shape index (κ1) is 16.3. The zero-order valence-corrected chi connectivity index (χ0v) is 13.1. The van der Waals surface area contributed by atoms with E-state index in [2.05, 4.69) is 36.2 Å². The Morgan fingerprint density at radius 1 is 1.55 bits per heavy atom. The average molecular weight is 374 g/mol. The highest BCUT2D eigenvalue weighted by Gasteiger charge is 2.21. The Morgan fingerprint density at radius 3 is 3.00 bits per heavy atom. The van der Waals surface area contributed by atoms with Gasteiger partial charge in [0.25, 0.3) is 0 Å². The van der Waals surface area contributed by atoms with Crippen molar-refractivity contribution < 1.29 is 19.0 Å². The van der Waals surface area contributed by atoms with Gasteiger partial charge in [-0.3, -0.25) is 10.6 Å². The normalized spacial score (nSPS) is 10.5. The molecule has 1 aromatic carbocycles. The van der Waals surface area contributed by atoms with Crippen LogP contribution in [-0.4, -0.2) is 41.6 Å². The van der Waals surface area contributed by atoms with Gasteiger partial charge < -0.3 is 10.1 Å². The van der Waals surface area contributed by atoms with Crippen LogP contribution in [0.15, 0.2) is 27.3 Å². The van der Waals surface area contributed by atoms with Gasteiger partial charge in [0.15, 0.2) is 11.5 Å². The Labute approximate surface area is 133 Å². The van der Waals surface area contributed by atoms with E-state index in [0.717, 1.165) is 6.07 Å². The second kappa shape index (κ2) is 7.29. The number of benzene rings is 1. The quantitative estimate of drug-likeness (QED) is 0.308. The molecule has 8 nitrogen and oxygen atoms in total. The maximum absolute atomic E-state index is 13.2. The van der Waals surface area contributed by atoms with E-state index in [-0.39, 0.29) is 27.5 Å². The van der Waals surface area contributed by atoms with Gasteiger partial charge in [-0.2, -0.15) is 0 Å². The van der Waals surface area contributed by atoms with Crippen LogP contribution in [0.25, 0.3) is 0 Å². The van der Waals surface area contributed by atoms with Gasteiger partial charge in [0.2, 0.25) is 5.82 Å². The lowest BCUT2D eigenvalue weighted by Crippen LogP contribution is -2.28. The van der Waals surface area contributed by atoms with Crippen LogP contribution in [0.1, 0.15) is 5.69 Å². The number of rotatable bonds is 6. The lowest BCUT2D eigenvalue weighted by atomic mass is 10.3. The van der Waals surface area contributed by atoms with Crippen molar-refractivity contribution in [2.75, 3.05) is 30.6 Å². The predicted molar refractivity (Wildman–Crippen MR) is 79.9 cm³/mol. The minimum atomic E-state index is -0.478. The molecule has 0 aliphatic rings. The van der Waals surface area contributed by atoms with E-state index in [1.54, 1.807) is 7.11 Å². The molecule has 0 unspecified atom stereocenters. The Hall–Kier alpha value is -2.04. The molecule has 10 heteroatoms. The highest BCUT2D eigenvalue weighted by atomic mass is 79.9. The summed E-state index contributed by atoms with van der Waals surface area (Å²) in [5, 5.41) is 28.6.